The van der Waals surface area contributed by atoms with Gasteiger partial charge in [-0.05, 0) is 80.4 Å². The number of hydrogen-bond acceptors (Lipinski definition) is 9. The van der Waals surface area contributed by atoms with Gasteiger partial charge in [0.2, 0.25) is 21.9 Å². The Kier molecular flexibility index (Phi) is 8.04. The zero-order chi connectivity index (χ0) is 29.3. The molecule has 4 heterocycles. The molecular formula is C30H33FN6O4S. The van der Waals surface area contributed by atoms with E-state index in [1.54, 1.807) is 42.7 Å². The highest BCUT2D eigenvalue weighted by atomic mass is 32.2. The Bertz CT molecular complexity index is 1710. The normalized spacial score (nSPS) is 20.0. The molecule has 4 aromatic rings. The molecule has 2 aliphatic rings. The van der Waals surface area contributed by atoms with E-state index in [4.69, 9.17) is 19.6 Å². The number of aryl methyl sites for hydroxylation is 1. The lowest BCUT2D eigenvalue weighted by atomic mass is 9.95. The van der Waals surface area contributed by atoms with E-state index in [0.29, 0.717) is 59.1 Å². The average Bonchev–Trinajstić information content (AvgIpc) is 3.50. The van der Waals surface area contributed by atoms with E-state index >= 15 is 4.39 Å². The summed E-state index contributed by atoms with van der Waals surface area (Å²) in [5.41, 5.74) is 2.01. The second kappa shape index (κ2) is 11.9. The summed E-state index contributed by atoms with van der Waals surface area (Å²) >= 11 is 0. The fourth-order valence-corrected chi connectivity index (χ4v) is 7.02. The van der Waals surface area contributed by atoms with Gasteiger partial charge in [0, 0.05) is 42.5 Å². The van der Waals surface area contributed by atoms with Crippen molar-refractivity contribution in [2.45, 2.75) is 50.0 Å². The number of halogens is 1. The lowest BCUT2D eigenvalue weighted by Crippen LogP contribution is -2.38. The summed E-state index contributed by atoms with van der Waals surface area (Å²) in [6.07, 6.45) is 5.83. The minimum absolute atomic E-state index is 0.0169. The minimum atomic E-state index is -4.20. The number of ether oxygens (including phenoxy) is 2. The average molecular weight is 593 g/mol. The van der Waals surface area contributed by atoms with E-state index in [9.17, 15) is 8.42 Å². The second-order valence-electron chi connectivity index (χ2n) is 10.7. The van der Waals surface area contributed by atoms with Crippen LogP contribution < -0.4 is 20.5 Å². The number of primary sulfonamides is 1. The molecule has 2 saturated heterocycles. The van der Waals surface area contributed by atoms with Crippen molar-refractivity contribution in [1.29, 1.82) is 0 Å². The molecule has 3 atom stereocenters. The van der Waals surface area contributed by atoms with E-state index in [1.165, 1.54) is 6.07 Å². The molecule has 6 rings (SSSR count). The third-order valence-electron chi connectivity index (χ3n) is 7.81. The zero-order valence-corrected chi connectivity index (χ0v) is 24.0. The van der Waals surface area contributed by atoms with E-state index in [2.05, 4.69) is 20.6 Å². The summed E-state index contributed by atoms with van der Waals surface area (Å²) in [5, 5.41) is 12.0. The van der Waals surface area contributed by atoms with Crippen molar-refractivity contribution in [2.75, 3.05) is 25.0 Å². The predicted octanol–water partition coefficient (Wildman–Crippen LogP) is 4.60. The largest absolute Gasteiger partial charge is 0.437 e. The van der Waals surface area contributed by atoms with Crippen molar-refractivity contribution < 1.29 is 22.3 Å². The summed E-state index contributed by atoms with van der Waals surface area (Å²) < 4.78 is 53.1. The summed E-state index contributed by atoms with van der Waals surface area (Å²) in [6.45, 7) is 4.12. The van der Waals surface area contributed by atoms with Crippen LogP contribution in [0.15, 0.2) is 54.9 Å². The number of rotatable bonds is 8. The predicted molar refractivity (Wildman–Crippen MR) is 158 cm³/mol. The molecule has 0 bridgehead atoms. The molecule has 0 amide bonds. The number of nitrogens with one attached hydrogen (secondary N) is 2. The standard InChI is InChI=1S/C30H33FN6O4S/c1-18-8-9-20-21(10-11-23(31)26(20)28(42(32,38)39)25-7-4-16-40-25)27(18)41-29-22(6-3-14-34-29)24-12-15-35-30(37-24)36-19-5-2-13-33-17-19/h3,6,8-12,14-15,19,25,28,33H,2,4-5,7,13,16-17H2,1H3,(H2,32,38,39)(H,35,36,37)/t19-,25+,28?/m0/s1. The van der Waals surface area contributed by atoms with Crippen LogP contribution in [-0.4, -0.2) is 55.2 Å². The number of hydrogen-bond donors (Lipinski definition) is 3. The van der Waals surface area contributed by atoms with Crippen LogP contribution in [0.25, 0.3) is 22.0 Å². The third kappa shape index (κ3) is 5.80. The van der Waals surface area contributed by atoms with Crippen molar-refractivity contribution in [3.63, 3.8) is 0 Å². The van der Waals surface area contributed by atoms with Gasteiger partial charge < -0.3 is 20.1 Å². The number of nitrogens with two attached hydrogens (primary N) is 1. The Balaban J connectivity index is 1.40. The van der Waals surface area contributed by atoms with Crippen LogP contribution in [0.5, 0.6) is 11.6 Å². The number of anilines is 1. The Morgan fingerprint density at radius 3 is 2.71 bits per heavy atom. The van der Waals surface area contributed by atoms with Crippen LogP contribution in [0.2, 0.25) is 0 Å². The zero-order valence-electron chi connectivity index (χ0n) is 23.2. The van der Waals surface area contributed by atoms with Crippen molar-refractivity contribution in [3.05, 3.63) is 71.8 Å². The first-order valence-electron chi connectivity index (χ1n) is 14.1. The minimum Gasteiger partial charge on any atom is -0.437 e. The molecule has 2 aromatic heterocycles. The smallest absolute Gasteiger partial charge is 0.228 e. The molecule has 220 valence electrons. The Hall–Kier alpha value is -3.71. The summed E-state index contributed by atoms with van der Waals surface area (Å²) in [5.74, 6) is 0.570. The van der Waals surface area contributed by atoms with Gasteiger partial charge in [0.15, 0.2) is 0 Å². The lowest BCUT2D eigenvalue weighted by molar-refractivity contribution is 0.106. The van der Waals surface area contributed by atoms with E-state index in [-0.39, 0.29) is 11.6 Å². The van der Waals surface area contributed by atoms with Crippen LogP contribution in [0.3, 0.4) is 0 Å². The molecule has 2 fully saturated rings. The SMILES string of the molecule is Cc1ccc2c(C([C@H]3CCCO3)S(N)(=O)=O)c(F)ccc2c1Oc1ncccc1-c1ccnc(N[C@H]2CCCNC2)n1. The van der Waals surface area contributed by atoms with Crippen LogP contribution in [-0.2, 0) is 14.8 Å². The number of nitrogens with zero attached hydrogens (tertiary/aromatic N) is 3. The third-order valence-corrected chi connectivity index (χ3v) is 9.06. The highest BCUT2D eigenvalue weighted by Crippen LogP contribution is 2.42. The second-order valence-corrected chi connectivity index (χ2v) is 12.4. The number of sulfonamides is 1. The maximum Gasteiger partial charge on any atom is 0.228 e. The molecule has 0 spiro atoms. The highest BCUT2D eigenvalue weighted by Gasteiger charge is 2.38. The van der Waals surface area contributed by atoms with Crippen LogP contribution >= 0.6 is 0 Å². The van der Waals surface area contributed by atoms with E-state index in [0.717, 1.165) is 31.5 Å². The highest BCUT2D eigenvalue weighted by molar-refractivity contribution is 7.89. The molecule has 1 unspecified atom stereocenters. The van der Waals surface area contributed by atoms with Crippen molar-refractivity contribution in [1.82, 2.24) is 20.3 Å². The molecule has 10 nitrogen and oxygen atoms in total. The van der Waals surface area contributed by atoms with Gasteiger partial charge in [0.25, 0.3) is 0 Å². The number of benzene rings is 2. The summed E-state index contributed by atoms with van der Waals surface area (Å²) in [4.78, 5) is 13.6. The topological polar surface area (TPSA) is 141 Å². The molecule has 2 aromatic carbocycles. The first-order valence-corrected chi connectivity index (χ1v) is 15.7. The summed E-state index contributed by atoms with van der Waals surface area (Å²) in [7, 11) is -4.20. The van der Waals surface area contributed by atoms with Gasteiger partial charge in [-0.15, -0.1) is 0 Å². The molecule has 2 aliphatic heterocycles. The molecular weight excluding hydrogens is 559 g/mol. The Morgan fingerprint density at radius 2 is 1.95 bits per heavy atom. The quantitative estimate of drug-likeness (QED) is 0.268. The van der Waals surface area contributed by atoms with Gasteiger partial charge in [-0.3, -0.25) is 0 Å². The first kappa shape index (κ1) is 28.4. The van der Waals surface area contributed by atoms with Gasteiger partial charge in [0.1, 0.15) is 16.8 Å². The number of fused-ring (bicyclic) bond motifs is 1. The molecule has 12 heteroatoms. The monoisotopic (exact) mass is 592 g/mol. The fourth-order valence-electron chi connectivity index (χ4n) is 5.81. The molecule has 0 aliphatic carbocycles. The van der Waals surface area contributed by atoms with Gasteiger partial charge in [-0.25, -0.2) is 32.9 Å². The van der Waals surface area contributed by atoms with Crippen molar-refractivity contribution in [2.24, 2.45) is 5.14 Å². The lowest BCUT2D eigenvalue weighted by Gasteiger charge is -2.24. The Morgan fingerprint density at radius 1 is 1.10 bits per heavy atom. The van der Waals surface area contributed by atoms with Gasteiger partial charge in [0.05, 0.1) is 17.4 Å². The first-order chi connectivity index (χ1) is 20.3. The van der Waals surface area contributed by atoms with E-state index < -0.39 is 27.2 Å². The number of pyridine rings is 1. The Labute approximate surface area is 243 Å². The summed E-state index contributed by atoms with van der Waals surface area (Å²) in [6, 6.07) is 12.0. The molecule has 42 heavy (non-hydrogen) atoms. The van der Waals surface area contributed by atoms with Gasteiger partial charge >= 0.3 is 0 Å². The van der Waals surface area contributed by atoms with E-state index in [1.807, 2.05) is 13.0 Å². The molecule has 0 saturated carbocycles. The maximum atomic E-state index is 15.5. The molecule has 0 radical (unpaired) electrons. The van der Waals surface area contributed by atoms with Gasteiger partial charge in [-0.2, -0.15) is 0 Å². The van der Waals surface area contributed by atoms with Crippen LogP contribution in [0.1, 0.15) is 42.1 Å². The number of aromatic nitrogens is 3. The van der Waals surface area contributed by atoms with Crippen molar-refractivity contribution >= 4 is 26.7 Å². The molecule has 4 N–H and O–H groups in total. The van der Waals surface area contributed by atoms with Crippen LogP contribution in [0, 0.1) is 12.7 Å². The number of piperidine rings is 1. The van der Waals surface area contributed by atoms with Gasteiger partial charge in [-0.1, -0.05) is 12.1 Å². The maximum absolute atomic E-state index is 15.5. The fraction of sp³-hybridized carbons (Fsp3) is 0.367. The van der Waals surface area contributed by atoms with Crippen molar-refractivity contribution in [3.8, 4) is 22.9 Å². The van der Waals surface area contributed by atoms with Crippen LogP contribution in [0.4, 0.5) is 10.3 Å².